The molecule has 0 saturated heterocycles. The van der Waals surface area contributed by atoms with Gasteiger partial charge in [0.2, 0.25) is 5.95 Å². The normalized spacial score (nSPS) is 13.3. The molecule has 0 spiro atoms. The topological polar surface area (TPSA) is 85.3 Å². The maximum atomic E-state index is 12.7. The van der Waals surface area contributed by atoms with E-state index in [2.05, 4.69) is 19.5 Å². The summed E-state index contributed by atoms with van der Waals surface area (Å²) in [7, 11) is 3.09. The first-order valence-corrected chi connectivity index (χ1v) is 10.2. The summed E-state index contributed by atoms with van der Waals surface area (Å²) in [6, 6.07) is 11.1. The molecule has 0 bridgehead atoms. The van der Waals surface area contributed by atoms with Crippen LogP contribution < -0.4 is 19.9 Å². The Hall–Kier alpha value is -3.52. The van der Waals surface area contributed by atoms with Crippen LogP contribution in [0.5, 0.6) is 11.5 Å². The van der Waals surface area contributed by atoms with Crippen molar-refractivity contribution >= 4 is 28.5 Å². The van der Waals surface area contributed by atoms with Gasteiger partial charge >= 0.3 is 0 Å². The second-order valence-electron chi connectivity index (χ2n) is 7.27. The van der Waals surface area contributed by atoms with E-state index in [1.165, 1.54) is 7.11 Å². The molecule has 0 atom stereocenters. The van der Waals surface area contributed by atoms with E-state index >= 15 is 0 Å². The molecule has 5 rings (SSSR count). The number of nitrogens with zero attached hydrogens (tertiary/aromatic N) is 4. The number of methoxy groups -OCH3 is 2. The van der Waals surface area contributed by atoms with Gasteiger partial charge in [0, 0.05) is 35.4 Å². The molecule has 158 valence electrons. The highest BCUT2D eigenvalue weighted by atomic mass is 35.5. The number of H-pyrrole nitrogens is 1. The van der Waals surface area contributed by atoms with Crippen molar-refractivity contribution in [2.75, 3.05) is 25.7 Å². The fourth-order valence-electron chi connectivity index (χ4n) is 3.94. The molecule has 0 fully saturated rings. The number of benzene rings is 2. The van der Waals surface area contributed by atoms with Gasteiger partial charge in [0.1, 0.15) is 0 Å². The molecule has 0 aliphatic carbocycles. The summed E-state index contributed by atoms with van der Waals surface area (Å²) in [6.45, 7) is 1.24. The summed E-state index contributed by atoms with van der Waals surface area (Å²) < 4.78 is 12.7. The van der Waals surface area contributed by atoms with Crippen molar-refractivity contribution in [3.05, 3.63) is 69.5 Å². The van der Waals surface area contributed by atoms with E-state index in [1.807, 2.05) is 35.5 Å². The lowest BCUT2D eigenvalue weighted by Crippen LogP contribution is -2.33. The van der Waals surface area contributed by atoms with Gasteiger partial charge in [-0.15, -0.1) is 0 Å². The predicted molar refractivity (Wildman–Crippen MR) is 119 cm³/mol. The van der Waals surface area contributed by atoms with E-state index in [9.17, 15) is 4.79 Å². The van der Waals surface area contributed by atoms with Crippen LogP contribution in [-0.2, 0) is 13.0 Å². The summed E-state index contributed by atoms with van der Waals surface area (Å²) >= 11 is 6.15. The SMILES string of the molecule is COc1cc2nc(N3CCc4c(ncn4-c4cccc(Cl)c4)C3)[nH]c(=O)c2cc1OC. The number of fused-ring (bicyclic) bond motifs is 2. The zero-order valence-corrected chi connectivity index (χ0v) is 17.8. The summed E-state index contributed by atoms with van der Waals surface area (Å²) in [6.07, 6.45) is 2.57. The summed E-state index contributed by atoms with van der Waals surface area (Å²) in [5, 5.41) is 1.13. The van der Waals surface area contributed by atoms with Crippen molar-refractivity contribution < 1.29 is 9.47 Å². The van der Waals surface area contributed by atoms with Crippen molar-refractivity contribution in [3.8, 4) is 17.2 Å². The van der Waals surface area contributed by atoms with Crippen LogP contribution in [0.2, 0.25) is 5.02 Å². The van der Waals surface area contributed by atoms with Crippen LogP contribution in [0.3, 0.4) is 0 Å². The lowest BCUT2D eigenvalue weighted by atomic mass is 10.1. The first-order chi connectivity index (χ1) is 15.1. The highest BCUT2D eigenvalue weighted by Crippen LogP contribution is 2.31. The Morgan fingerprint density at radius 3 is 2.71 bits per heavy atom. The molecule has 9 heteroatoms. The second kappa shape index (κ2) is 7.63. The Morgan fingerprint density at radius 1 is 1.13 bits per heavy atom. The number of hydrogen-bond acceptors (Lipinski definition) is 6. The van der Waals surface area contributed by atoms with Gasteiger partial charge in [0.15, 0.2) is 11.5 Å². The van der Waals surface area contributed by atoms with Crippen LogP contribution in [0, 0.1) is 0 Å². The van der Waals surface area contributed by atoms with Gasteiger partial charge in [0.05, 0.1) is 43.7 Å². The van der Waals surface area contributed by atoms with Gasteiger partial charge in [-0.25, -0.2) is 9.97 Å². The molecule has 0 saturated carbocycles. The molecule has 31 heavy (non-hydrogen) atoms. The Morgan fingerprint density at radius 2 is 1.94 bits per heavy atom. The Bertz CT molecular complexity index is 1350. The number of rotatable bonds is 4. The molecular formula is C22H20ClN5O3. The molecule has 0 unspecified atom stereocenters. The van der Waals surface area contributed by atoms with Gasteiger partial charge in [-0.2, -0.15) is 0 Å². The quantitative estimate of drug-likeness (QED) is 0.527. The minimum absolute atomic E-state index is 0.226. The maximum absolute atomic E-state index is 12.7. The van der Waals surface area contributed by atoms with Crippen molar-refractivity contribution in [1.29, 1.82) is 0 Å². The average molecular weight is 438 g/mol. The van der Waals surface area contributed by atoms with E-state index in [-0.39, 0.29) is 5.56 Å². The molecule has 8 nitrogen and oxygen atoms in total. The minimum Gasteiger partial charge on any atom is -0.493 e. The maximum Gasteiger partial charge on any atom is 0.260 e. The fourth-order valence-corrected chi connectivity index (χ4v) is 4.13. The van der Waals surface area contributed by atoms with Crippen molar-refractivity contribution in [3.63, 3.8) is 0 Å². The minimum atomic E-state index is -0.226. The van der Waals surface area contributed by atoms with Crippen LogP contribution >= 0.6 is 11.6 Å². The van der Waals surface area contributed by atoms with E-state index in [1.54, 1.807) is 19.2 Å². The van der Waals surface area contributed by atoms with Gasteiger partial charge in [-0.1, -0.05) is 17.7 Å². The van der Waals surface area contributed by atoms with Crippen molar-refractivity contribution in [2.45, 2.75) is 13.0 Å². The predicted octanol–water partition coefficient (Wildman–Crippen LogP) is 3.34. The van der Waals surface area contributed by atoms with Crippen LogP contribution in [0.15, 0.2) is 47.5 Å². The third-order valence-corrected chi connectivity index (χ3v) is 5.73. The van der Waals surface area contributed by atoms with Gasteiger partial charge in [0.25, 0.3) is 5.56 Å². The number of aromatic amines is 1. The number of nitrogens with one attached hydrogen (secondary N) is 1. The molecule has 1 N–H and O–H groups in total. The molecule has 0 amide bonds. The van der Waals surface area contributed by atoms with Crippen LogP contribution in [-0.4, -0.2) is 40.3 Å². The number of halogens is 1. The third-order valence-electron chi connectivity index (χ3n) is 5.50. The first kappa shape index (κ1) is 19.4. The monoisotopic (exact) mass is 437 g/mol. The second-order valence-corrected chi connectivity index (χ2v) is 7.71. The Balaban J connectivity index is 1.50. The molecule has 2 aromatic carbocycles. The van der Waals surface area contributed by atoms with Gasteiger partial charge in [-0.05, 0) is 24.3 Å². The van der Waals surface area contributed by atoms with Crippen molar-refractivity contribution in [2.24, 2.45) is 0 Å². The van der Waals surface area contributed by atoms with E-state index in [0.717, 1.165) is 23.5 Å². The van der Waals surface area contributed by atoms with Gasteiger partial charge < -0.3 is 18.9 Å². The molecule has 2 aromatic heterocycles. The number of hydrogen-bond donors (Lipinski definition) is 1. The molecule has 1 aliphatic heterocycles. The molecule has 4 aromatic rings. The third kappa shape index (κ3) is 3.38. The Kier molecular flexibility index (Phi) is 4.78. The number of anilines is 1. The molecule has 1 aliphatic rings. The Labute approximate surface area is 183 Å². The van der Waals surface area contributed by atoms with Crippen LogP contribution in [0.1, 0.15) is 11.4 Å². The number of aromatic nitrogens is 4. The summed E-state index contributed by atoms with van der Waals surface area (Å²) in [4.78, 5) is 26.9. The van der Waals surface area contributed by atoms with E-state index in [4.69, 9.17) is 21.1 Å². The summed E-state index contributed by atoms with van der Waals surface area (Å²) in [5.74, 6) is 1.53. The van der Waals surface area contributed by atoms with E-state index < -0.39 is 0 Å². The number of ether oxygens (including phenoxy) is 2. The lowest BCUT2D eigenvalue weighted by molar-refractivity contribution is 0.355. The van der Waals surface area contributed by atoms with Crippen molar-refractivity contribution in [1.82, 2.24) is 19.5 Å². The molecular weight excluding hydrogens is 418 g/mol. The highest BCUT2D eigenvalue weighted by Gasteiger charge is 2.24. The highest BCUT2D eigenvalue weighted by molar-refractivity contribution is 6.30. The average Bonchev–Trinajstić information content (AvgIpc) is 3.21. The fraction of sp³-hybridized carbons (Fsp3) is 0.227. The largest absolute Gasteiger partial charge is 0.493 e. The standard InChI is InChI=1S/C22H20ClN5O3/c1-30-19-9-15-16(10-20(19)31-2)25-22(26-21(15)29)27-7-6-18-17(11-27)24-12-28(18)14-5-3-4-13(23)8-14/h3-5,8-10,12H,6-7,11H2,1-2H3,(H,25,26,29). The first-order valence-electron chi connectivity index (χ1n) is 9.79. The van der Waals surface area contributed by atoms with E-state index in [0.29, 0.717) is 46.5 Å². The lowest BCUT2D eigenvalue weighted by Gasteiger charge is -2.27. The number of imidazole rings is 1. The molecule has 0 radical (unpaired) electrons. The van der Waals surface area contributed by atoms with Crippen LogP contribution in [0.4, 0.5) is 5.95 Å². The summed E-state index contributed by atoms with van der Waals surface area (Å²) in [5.41, 5.74) is 3.38. The zero-order valence-electron chi connectivity index (χ0n) is 17.1. The van der Waals surface area contributed by atoms with Gasteiger partial charge in [-0.3, -0.25) is 9.78 Å². The smallest absolute Gasteiger partial charge is 0.260 e. The van der Waals surface area contributed by atoms with Crippen LogP contribution in [0.25, 0.3) is 16.6 Å². The molecule has 3 heterocycles. The zero-order chi connectivity index (χ0) is 21.5.